The molecule has 268 valence electrons. The van der Waals surface area contributed by atoms with Crippen molar-refractivity contribution in [1.82, 2.24) is 30.3 Å². The van der Waals surface area contributed by atoms with Crippen molar-refractivity contribution in [2.75, 3.05) is 37.6 Å². The molecule has 3 fully saturated rings. The SMILES string of the molecule is C[C@@H]1CN(C(=O)c2ccc3cc(-c4n[nH]c5c4CCC(C)(C)C5)[nH]c3c2)C[C@H](C)N1CC1CCN(c2ccc(C3CCC(=O)NC3=O)cc2)CC1. The predicted octanol–water partition coefficient (Wildman–Crippen LogP) is 6.04. The molecule has 51 heavy (non-hydrogen) atoms. The van der Waals surface area contributed by atoms with E-state index in [9.17, 15) is 14.4 Å². The van der Waals surface area contributed by atoms with E-state index >= 15 is 0 Å². The van der Waals surface area contributed by atoms with E-state index in [2.05, 4.69) is 77.2 Å². The van der Waals surface area contributed by atoms with Gasteiger partial charge in [-0.05, 0) is 99.6 Å². The Balaban J connectivity index is 0.857. The second-order valence-corrected chi connectivity index (χ2v) is 16.5. The summed E-state index contributed by atoms with van der Waals surface area (Å²) in [6.07, 6.45) is 6.43. The lowest BCUT2D eigenvalue weighted by Gasteiger charge is -2.46. The van der Waals surface area contributed by atoms with Gasteiger partial charge in [-0.3, -0.25) is 29.7 Å². The number of nitrogens with zero attached hydrogens (tertiary/aromatic N) is 4. The Labute approximate surface area is 300 Å². The molecule has 2 aromatic heterocycles. The maximum atomic E-state index is 13.9. The molecule has 10 heteroatoms. The molecule has 0 saturated carbocycles. The van der Waals surface area contributed by atoms with Gasteiger partial charge in [0.15, 0.2) is 0 Å². The Morgan fingerprint density at radius 1 is 0.941 bits per heavy atom. The Morgan fingerprint density at radius 3 is 2.41 bits per heavy atom. The highest BCUT2D eigenvalue weighted by atomic mass is 16.2. The summed E-state index contributed by atoms with van der Waals surface area (Å²) in [5, 5.41) is 11.6. The van der Waals surface area contributed by atoms with E-state index in [1.165, 1.54) is 16.9 Å². The van der Waals surface area contributed by atoms with Gasteiger partial charge in [-0.15, -0.1) is 0 Å². The van der Waals surface area contributed by atoms with Gasteiger partial charge in [0.2, 0.25) is 11.8 Å². The van der Waals surface area contributed by atoms with Gasteiger partial charge in [0.1, 0.15) is 5.69 Å². The number of H-pyrrole nitrogens is 2. The molecule has 4 aromatic rings. The zero-order valence-corrected chi connectivity index (χ0v) is 30.4. The first-order valence-electron chi connectivity index (χ1n) is 18.9. The second-order valence-electron chi connectivity index (χ2n) is 16.5. The maximum Gasteiger partial charge on any atom is 0.254 e. The van der Waals surface area contributed by atoms with Crippen molar-refractivity contribution in [2.24, 2.45) is 11.3 Å². The average molecular weight is 690 g/mol. The third-order valence-electron chi connectivity index (χ3n) is 12.2. The third kappa shape index (κ3) is 6.70. The van der Waals surface area contributed by atoms with Gasteiger partial charge in [-0.2, -0.15) is 5.10 Å². The number of amides is 3. The second kappa shape index (κ2) is 13.3. The first-order valence-corrected chi connectivity index (χ1v) is 18.9. The van der Waals surface area contributed by atoms with Crippen LogP contribution in [0.1, 0.15) is 92.9 Å². The molecule has 1 aliphatic carbocycles. The number of carbonyl (C=O) groups is 3. The molecule has 2 aromatic carbocycles. The highest BCUT2D eigenvalue weighted by molar-refractivity contribution is 6.01. The number of piperidine rings is 2. The Kier molecular flexibility index (Phi) is 8.77. The summed E-state index contributed by atoms with van der Waals surface area (Å²) in [4.78, 5) is 48.4. The van der Waals surface area contributed by atoms with Crippen LogP contribution in [0.2, 0.25) is 0 Å². The normalized spacial score (nSPS) is 24.5. The monoisotopic (exact) mass is 689 g/mol. The van der Waals surface area contributed by atoms with Gasteiger partial charge in [0.25, 0.3) is 5.91 Å². The largest absolute Gasteiger partial charge is 0.372 e. The summed E-state index contributed by atoms with van der Waals surface area (Å²) in [5.41, 5.74) is 8.75. The molecule has 0 radical (unpaired) electrons. The molecular weight excluding hydrogens is 638 g/mol. The van der Waals surface area contributed by atoms with Gasteiger partial charge in [-0.25, -0.2) is 0 Å². The van der Waals surface area contributed by atoms with E-state index < -0.39 is 0 Å². The van der Waals surface area contributed by atoms with Crippen LogP contribution in [0.25, 0.3) is 22.3 Å². The topological polar surface area (TPSA) is 117 Å². The number of hydrogen-bond acceptors (Lipinski definition) is 6. The predicted molar refractivity (Wildman–Crippen MR) is 200 cm³/mol. The van der Waals surface area contributed by atoms with Gasteiger partial charge in [0.05, 0.1) is 11.6 Å². The summed E-state index contributed by atoms with van der Waals surface area (Å²) < 4.78 is 0. The summed E-state index contributed by atoms with van der Waals surface area (Å²) in [7, 11) is 0. The van der Waals surface area contributed by atoms with Crippen LogP contribution in [0, 0.1) is 11.3 Å². The van der Waals surface area contributed by atoms with Crippen LogP contribution in [-0.2, 0) is 22.4 Å². The average Bonchev–Trinajstić information content (AvgIpc) is 3.72. The van der Waals surface area contributed by atoms with E-state index in [0.717, 1.165) is 98.2 Å². The molecular formula is C41H51N7O3. The zero-order chi connectivity index (χ0) is 35.4. The molecule has 5 heterocycles. The van der Waals surface area contributed by atoms with Crippen LogP contribution >= 0.6 is 0 Å². The number of aromatic amines is 2. The molecule has 8 rings (SSSR count). The first-order chi connectivity index (χ1) is 24.5. The molecule has 1 unspecified atom stereocenters. The molecule has 3 aliphatic heterocycles. The van der Waals surface area contributed by atoms with Crippen molar-refractivity contribution in [2.45, 2.75) is 90.6 Å². The fourth-order valence-electron chi connectivity index (χ4n) is 9.12. The van der Waals surface area contributed by atoms with Crippen molar-refractivity contribution in [3.05, 3.63) is 70.9 Å². The number of nitrogens with one attached hydrogen (secondary N) is 3. The Morgan fingerprint density at radius 2 is 1.69 bits per heavy atom. The first kappa shape index (κ1) is 33.7. The molecule has 10 nitrogen and oxygen atoms in total. The van der Waals surface area contributed by atoms with Crippen LogP contribution in [-0.4, -0.2) is 87.5 Å². The molecule has 4 aliphatic rings. The minimum absolute atomic E-state index is 0.0997. The quantitative estimate of drug-likeness (QED) is 0.213. The lowest BCUT2D eigenvalue weighted by molar-refractivity contribution is -0.134. The number of carbonyl (C=O) groups excluding carboxylic acids is 3. The van der Waals surface area contributed by atoms with Gasteiger partial charge < -0.3 is 14.8 Å². The lowest BCUT2D eigenvalue weighted by Crippen LogP contribution is -2.59. The third-order valence-corrected chi connectivity index (χ3v) is 12.2. The lowest BCUT2D eigenvalue weighted by atomic mass is 9.76. The van der Waals surface area contributed by atoms with E-state index in [0.29, 0.717) is 24.2 Å². The number of fused-ring (bicyclic) bond motifs is 2. The van der Waals surface area contributed by atoms with Crippen LogP contribution < -0.4 is 10.2 Å². The molecule has 3 saturated heterocycles. The Hall–Kier alpha value is -4.44. The smallest absolute Gasteiger partial charge is 0.254 e. The number of imide groups is 1. The van der Waals surface area contributed by atoms with Crippen molar-refractivity contribution < 1.29 is 14.4 Å². The van der Waals surface area contributed by atoms with E-state index in [1.807, 2.05) is 29.2 Å². The van der Waals surface area contributed by atoms with E-state index in [-0.39, 0.29) is 35.7 Å². The molecule has 3 N–H and O–H groups in total. The van der Waals surface area contributed by atoms with Gasteiger partial charge in [-0.1, -0.05) is 32.0 Å². The minimum atomic E-state index is -0.246. The van der Waals surface area contributed by atoms with Crippen molar-refractivity contribution >= 4 is 34.3 Å². The highest BCUT2D eigenvalue weighted by Gasteiger charge is 2.35. The van der Waals surface area contributed by atoms with E-state index in [1.54, 1.807) is 0 Å². The van der Waals surface area contributed by atoms with Crippen LogP contribution in [0.3, 0.4) is 0 Å². The van der Waals surface area contributed by atoms with Crippen molar-refractivity contribution in [1.29, 1.82) is 0 Å². The number of rotatable bonds is 6. The zero-order valence-electron chi connectivity index (χ0n) is 30.4. The summed E-state index contributed by atoms with van der Waals surface area (Å²) >= 11 is 0. The number of anilines is 1. The Bertz CT molecular complexity index is 1940. The summed E-state index contributed by atoms with van der Waals surface area (Å²) in [6, 6.07) is 17.1. The molecule has 0 bridgehead atoms. The standard InChI is InChI=1S/C41H51N7O3/c1-25-22-47(40(51)30-6-5-29-19-35(42-34(29)20-30)38-33-13-16-41(3,4)21-36(33)44-45-38)23-26(2)48(25)24-27-14-17-46(18-15-27)31-9-7-28(8-10-31)32-11-12-37(49)43-39(32)50/h5-10,19-20,25-27,32,42H,11-18,21-24H2,1-4H3,(H,44,45)(H,43,49,50)/t25-,26+,32?. The number of aromatic nitrogens is 3. The van der Waals surface area contributed by atoms with Crippen molar-refractivity contribution in [3.8, 4) is 11.4 Å². The number of benzene rings is 2. The molecule has 3 amide bonds. The van der Waals surface area contributed by atoms with Crippen LogP contribution in [0.15, 0.2) is 48.5 Å². The fraction of sp³-hybridized carbons (Fsp3) is 0.512. The highest BCUT2D eigenvalue weighted by Crippen LogP contribution is 2.38. The van der Waals surface area contributed by atoms with Crippen LogP contribution in [0.5, 0.6) is 0 Å². The number of piperazine rings is 1. The molecule has 3 atom stereocenters. The van der Waals surface area contributed by atoms with Crippen molar-refractivity contribution in [3.63, 3.8) is 0 Å². The van der Waals surface area contributed by atoms with Crippen LogP contribution in [0.4, 0.5) is 5.69 Å². The van der Waals surface area contributed by atoms with Gasteiger partial charge in [0, 0.05) is 84.6 Å². The molecule has 0 spiro atoms. The number of hydrogen-bond donors (Lipinski definition) is 3. The summed E-state index contributed by atoms with van der Waals surface area (Å²) in [6.45, 7) is 13.7. The summed E-state index contributed by atoms with van der Waals surface area (Å²) in [5.74, 6) is 0.107. The minimum Gasteiger partial charge on any atom is -0.372 e. The fourth-order valence-corrected chi connectivity index (χ4v) is 9.12. The maximum absolute atomic E-state index is 13.9. The van der Waals surface area contributed by atoms with Gasteiger partial charge >= 0.3 is 0 Å². The van der Waals surface area contributed by atoms with E-state index in [4.69, 9.17) is 5.10 Å².